The Labute approximate surface area is 105 Å². The molecule has 0 N–H and O–H groups in total. The number of rotatable bonds is 1. The average molecular weight is 252 g/mol. The van der Waals surface area contributed by atoms with Gasteiger partial charge >= 0.3 is 0 Å². The van der Waals surface area contributed by atoms with E-state index in [1.54, 1.807) is 32.3 Å². The van der Waals surface area contributed by atoms with Gasteiger partial charge in [0, 0.05) is 37.0 Å². The van der Waals surface area contributed by atoms with E-state index in [0.29, 0.717) is 17.0 Å². The van der Waals surface area contributed by atoms with E-state index in [1.165, 1.54) is 4.90 Å². The molecule has 1 aliphatic carbocycles. The van der Waals surface area contributed by atoms with Crippen molar-refractivity contribution >= 4 is 23.3 Å². The maximum atomic E-state index is 11.9. The molecule has 0 saturated heterocycles. The standard InChI is InChI=1S/C13H14ClNO2/c1-15(2)13(17)8-6-10-9(12(16)7-8)4-3-5-11(10)14/h3-5,8H,6-7H2,1-2H3. The predicted molar refractivity (Wildman–Crippen MR) is 66.3 cm³/mol. The van der Waals surface area contributed by atoms with Gasteiger partial charge in [0.25, 0.3) is 0 Å². The van der Waals surface area contributed by atoms with Crippen molar-refractivity contribution in [3.05, 3.63) is 34.3 Å². The van der Waals surface area contributed by atoms with Crippen LogP contribution in [0.2, 0.25) is 5.02 Å². The Kier molecular flexibility index (Phi) is 3.20. The van der Waals surface area contributed by atoms with Crippen LogP contribution < -0.4 is 0 Å². The Morgan fingerprint density at radius 1 is 1.35 bits per heavy atom. The van der Waals surface area contributed by atoms with E-state index in [-0.39, 0.29) is 24.0 Å². The maximum Gasteiger partial charge on any atom is 0.225 e. The van der Waals surface area contributed by atoms with Gasteiger partial charge in [-0.2, -0.15) is 0 Å². The molecule has 1 aromatic carbocycles. The lowest BCUT2D eigenvalue weighted by Crippen LogP contribution is -2.35. The molecule has 1 atom stereocenters. The summed E-state index contributed by atoms with van der Waals surface area (Å²) in [5, 5.41) is 0.576. The van der Waals surface area contributed by atoms with Crippen LogP contribution in [-0.2, 0) is 11.2 Å². The first-order chi connectivity index (χ1) is 8.00. The number of nitrogens with zero attached hydrogens (tertiary/aromatic N) is 1. The van der Waals surface area contributed by atoms with Crippen molar-refractivity contribution in [3.8, 4) is 0 Å². The highest BCUT2D eigenvalue weighted by Gasteiger charge is 2.31. The lowest BCUT2D eigenvalue weighted by molar-refractivity contribution is -0.132. The van der Waals surface area contributed by atoms with Crippen LogP contribution in [0.4, 0.5) is 0 Å². The van der Waals surface area contributed by atoms with Crippen LogP contribution in [0.3, 0.4) is 0 Å². The molecule has 1 aromatic rings. The third kappa shape index (κ3) is 2.20. The number of halogens is 1. The van der Waals surface area contributed by atoms with E-state index in [0.717, 1.165) is 5.56 Å². The van der Waals surface area contributed by atoms with Crippen molar-refractivity contribution in [2.45, 2.75) is 12.8 Å². The third-order valence-electron chi connectivity index (χ3n) is 3.09. The summed E-state index contributed by atoms with van der Waals surface area (Å²) < 4.78 is 0. The van der Waals surface area contributed by atoms with E-state index >= 15 is 0 Å². The van der Waals surface area contributed by atoms with Crippen LogP contribution >= 0.6 is 11.6 Å². The Balaban J connectivity index is 2.36. The fourth-order valence-corrected chi connectivity index (χ4v) is 2.47. The molecular formula is C13H14ClNO2. The molecule has 17 heavy (non-hydrogen) atoms. The van der Waals surface area contributed by atoms with Gasteiger partial charge in [-0.1, -0.05) is 23.7 Å². The van der Waals surface area contributed by atoms with E-state index in [1.807, 2.05) is 0 Å². The fourth-order valence-electron chi connectivity index (χ4n) is 2.22. The first-order valence-electron chi connectivity index (χ1n) is 5.52. The predicted octanol–water partition coefficient (Wildman–Crippen LogP) is 2.17. The van der Waals surface area contributed by atoms with E-state index in [2.05, 4.69) is 0 Å². The van der Waals surface area contributed by atoms with Crippen LogP contribution in [0, 0.1) is 5.92 Å². The largest absolute Gasteiger partial charge is 0.349 e. The van der Waals surface area contributed by atoms with Gasteiger partial charge in [-0.05, 0) is 18.1 Å². The number of Topliss-reactive ketones (excluding diaryl/α,β-unsaturated/α-hetero) is 1. The molecule has 0 radical (unpaired) electrons. The van der Waals surface area contributed by atoms with Gasteiger partial charge in [0.1, 0.15) is 0 Å². The summed E-state index contributed by atoms with van der Waals surface area (Å²) in [6.45, 7) is 0. The van der Waals surface area contributed by atoms with Crippen LogP contribution in [0.1, 0.15) is 22.3 Å². The second-order valence-corrected chi connectivity index (χ2v) is 4.93. The van der Waals surface area contributed by atoms with Gasteiger partial charge in [-0.25, -0.2) is 0 Å². The summed E-state index contributed by atoms with van der Waals surface area (Å²) in [7, 11) is 3.41. The zero-order valence-corrected chi connectivity index (χ0v) is 10.6. The molecule has 1 amide bonds. The van der Waals surface area contributed by atoms with Crippen molar-refractivity contribution in [3.63, 3.8) is 0 Å². The molecule has 2 rings (SSSR count). The van der Waals surface area contributed by atoms with Crippen LogP contribution in [0.25, 0.3) is 0 Å². The van der Waals surface area contributed by atoms with E-state index in [4.69, 9.17) is 11.6 Å². The van der Waals surface area contributed by atoms with Crippen molar-refractivity contribution in [1.29, 1.82) is 0 Å². The number of hydrogen-bond acceptors (Lipinski definition) is 2. The lowest BCUT2D eigenvalue weighted by atomic mass is 9.82. The van der Waals surface area contributed by atoms with Gasteiger partial charge in [0.05, 0.1) is 0 Å². The molecule has 0 saturated carbocycles. The highest BCUT2D eigenvalue weighted by Crippen LogP contribution is 2.31. The highest BCUT2D eigenvalue weighted by molar-refractivity contribution is 6.32. The number of fused-ring (bicyclic) bond motifs is 1. The summed E-state index contributed by atoms with van der Waals surface area (Å²) in [5.74, 6) is -0.275. The van der Waals surface area contributed by atoms with E-state index < -0.39 is 0 Å². The minimum absolute atomic E-state index is 0.00829. The summed E-state index contributed by atoms with van der Waals surface area (Å²) in [5.41, 5.74) is 1.48. The normalized spacial score (nSPS) is 18.8. The van der Waals surface area contributed by atoms with Crippen molar-refractivity contribution in [2.75, 3.05) is 14.1 Å². The summed E-state index contributed by atoms with van der Waals surface area (Å²) in [6, 6.07) is 5.31. The zero-order chi connectivity index (χ0) is 12.6. The SMILES string of the molecule is CN(C)C(=O)C1CC(=O)c2cccc(Cl)c2C1. The first kappa shape index (κ1) is 12.1. The smallest absolute Gasteiger partial charge is 0.225 e. The molecule has 0 aliphatic heterocycles. The van der Waals surface area contributed by atoms with Crippen molar-refractivity contribution in [2.24, 2.45) is 5.92 Å². The molecule has 4 heteroatoms. The minimum atomic E-state index is -0.273. The van der Waals surface area contributed by atoms with Gasteiger partial charge in [0.2, 0.25) is 5.91 Å². The van der Waals surface area contributed by atoms with Crippen LogP contribution in [-0.4, -0.2) is 30.7 Å². The Hall–Kier alpha value is -1.35. The van der Waals surface area contributed by atoms with Crippen molar-refractivity contribution in [1.82, 2.24) is 4.90 Å². The summed E-state index contributed by atoms with van der Waals surface area (Å²) in [4.78, 5) is 25.4. The van der Waals surface area contributed by atoms with Gasteiger partial charge in [0.15, 0.2) is 5.78 Å². The molecular weight excluding hydrogens is 238 g/mol. The van der Waals surface area contributed by atoms with Crippen LogP contribution in [0.15, 0.2) is 18.2 Å². The van der Waals surface area contributed by atoms with Crippen molar-refractivity contribution < 1.29 is 9.59 Å². The molecule has 0 heterocycles. The monoisotopic (exact) mass is 251 g/mol. The zero-order valence-electron chi connectivity index (χ0n) is 9.87. The van der Waals surface area contributed by atoms with Gasteiger partial charge in [-0.3, -0.25) is 9.59 Å². The molecule has 1 unspecified atom stereocenters. The number of ketones is 1. The van der Waals surface area contributed by atoms with Gasteiger partial charge in [-0.15, -0.1) is 0 Å². The Morgan fingerprint density at radius 3 is 2.71 bits per heavy atom. The topological polar surface area (TPSA) is 37.4 Å². The Bertz CT molecular complexity index is 482. The molecule has 0 bridgehead atoms. The summed E-state index contributed by atoms with van der Waals surface area (Å²) in [6.07, 6.45) is 0.835. The summed E-state index contributed by atoms with van der Waals surface area (Å²) >= 11 is 6.08. The highest BCUT2D eigenvalue weighted by atomic mass is 35.5. The maximum absolute atomic E-state index is 11.9. The van der Waals surface area contributed by atoms with E-state index in [9.17, 15) is 9.59 Å². The fraction of sp³-hybridized carbons (Fsp3) is 0.385. The minimum Gasteiger partial charge on any atom is -0.349 e. The average Bonchev–Trinajstić information content (AvgIpc) is 2.29. The quantitative estimate of drug-likeness (QED) is 0.767. The molecule has 0 spiro atoms. The number of amides is 1. The van der Waals surface area contributed by atoms with Gasteiger partial charge < -0.3 is 4.90 Å². The molecule has 3 nitrogen and oxygen atoms in total. The number of carbonyl (C=O) groups excluding carboxylic acids is 2. The first-order valence-corrected chi connectivity index (χ1v) is 5.90. The lowest BCUT2D eigenvalue weighted by Gasteiger charge is -2.25. The molecule has 90 valence electrons. The third-order valence-corrected chi connectivity index (χ3v) is 3.45. The molecule has 0 fully saturated rings. The number of hydrogen-bond donors (Lipinski definition) is 0. The second-order valence-electron chi connectivity index (χ2n) is 4.53. The number of benzene rings is 1. The molecule has 0 aromatic heterocycles. The Morgan fingerprint density at radius 2 is 2.06 bits per heavy atom. The second kappa shape index (κ2) is 4.49. The number of carbonyl (C=O) groups is 2. The molecule has 1 aliphatic rings. The van der Waals surface area contributed by atoms with Crippen LogP contribution in [0.5, 0.6) is 0 Å².